The fraction of sp³-hybridized carbons (Fsp3) is 0.238. The van der Waals surface area contributed by atoms with Gasteiger partial charge in [-0.3, -0.25) is 0 Å². The Morgan fingerprint density at radius 2 is 1.72 bits per heavy atom. The van der Waals surface area contributed by atoms with Gasteiger partial charge in [-0.15, -0.1) is 0 Å². The normalized spacial score (nSPS) is 10.7. The zero-order valence-corrected chi connectivity index (χ0v) is 15.9. The van der Waals surface area contributed by atoms with Crippen LogP contribution in [0, 0.1) is 27.7 Å². The Morgan fingerprint density at radius 1 is 0.920 bits per heavy atom. The van der Waals surface area contributed by atoms with E-state index in [0.717, 1.165) is 27.9 Å². The van der Waals surface area contributed by atoms with Gasteiger partial charge < -0.3 is 4.74 Å². The Morgan fingerprint density at radius 3 is 2.52 bits per heavy atom. The molecule has 0 N–H and O–H groups in total. The van der Waals surface area contributed by atoms with Crippen molar-refractivity contribution in [1.82, 2.24) is 9.97 Å². The first-order chi connectivity index (χ1) is 12.0. The number of rotatable bonds is 5. The summed E-state index contributed by atoms with van der Waals surface area (Å²) < 4.78 is 6.02. The number of aromatic nitrogens is 2. The van der Waals surface area contributed by atoms with E-state index < -0.39 is 0 Å². The highest BCUT2D eigenvalue weighted by Crippen LogP contribution is 2.28. The van der Waals surface area contributed by atoms with Gasteiger partial charge in [0.1, 0.15) is 5.75 Å². The summed E-state index contributed by atoms with van der Waals surface area (Å²) in [7, 11) is 0. The summed E-state index contributed by atoms with van der Waals surface area (Å²) in [5, 5.41) is 0.738. The Kier molecular flexibility index (Phi) is 5.39. The van der Waals surface area contributed by atoms with Gasteiger partial charge in [-0.2, -0.15) is 4.98 Å². The minimum Gasteiger partial charge on any atom is -0.439 e. The lowest BCUT2D eigenvalue weighted by atomic mass is 10.1. The summed E-state index contributed by atoms with van der Waals surface area (Å²) >= 11 is 1.63. The molecule has 0 unspecified atom stereocenters. The first-order valence-electron chi connectivity index (χ1n) is 8.29. The zero-order chi connectivity index (χ0) is 17.8. The van der Waals surface area contributed by atoms with E-state index in [1.807, 2.05) is 25.1 Å². The molecule has 1 heterocycles. The summed E-state index contributed by atoms with van der Waals surface area (Å²) in [6.07, 6.45) is 0. The molecule has 3 nitrogen and oxygen atoms in total. The summed E-state index contributed by atoms with van der Waals surface area (Å²) in [6.45, 7) is 8.21. The van der Waals surface area contributed by atoms with Crippen LogP contribution in [-0.2, 0) is 5.75 Å². The molecule has 0 fully saturated rings. The maximum Gasteiger partial charge on any atom is 0.223 e. The molecule has 0 saturated heterocycles. The molecule has 0 aliphatic carbocycles. The molecule has 0 spiro atoms. The molecule has 0 saturated carbocycles. The maximum absolute atomic E-state index is 6.02. The lowest BCUT2D eigenvalue weighted by Crippen LogP contribution is -1.97. The van der Waals surface area contributed by atoms with Crippen molar-refractivity contribution in [2.45, 2.75) is 38.6 Å². The molecule has 3 rings (SSSR count). The van der Waals surface area contributed by atoms with Gasteiger partial charge in [-0.1, -0.05) is 53.7 Å². The molecule has 0 atom stereocenters. The van der Waals surface area contributed by atoms with Crippen LogP contribution < -0.4 is 4.74 Å². The van der Waals surface area contributed by atoms with Gasteiger partial charge in [0.25, 0.3) is 0 Å². The Hall–Kier alpha value is -2.33. The number of aryl methyl sites for hydroxylation is 3. The molecule has 0 amide bonds. The molecule has 0 aliphatic heterocycles. The van der Waals surface area contributed by atoms with Crippen LogP contribution in [0.4, 0.5) is 0 Å². The Balaban J connectivity index is 1.77. The van der Waals surface area contributed by atoms with E-state index in [4.69, 9.17) is 4.74 Å². The van der Waals surface area contributed by atoms with Crippen molar-refractivity contribution in [2.24, 2.45) is 0 Å². The second-order valence-corrected chi connectivity index (χ2v) is 7.15. The molecule has 0 bridgehead atoms. The van der Waals surface area contributed by atoms with Gasteiger partial charge in [-0.05, 0) is 50.5 Å². The third-order valence-corrected chi connectivity index (χ3v) is 4.95. The highest BCUT2D eigenvalue weighted by molar-refractivity contribution is 7.98. The van der Waals surface area contributed by atoms with Crippen LogP contribution in [0.15, 0.2) is 53.7 Å². The molecule has 2 aromatic carbocycles. The van der Waals surface area contributed by atoms with Crippen LogP contribution in [0.25, 0.3) is 0 Å². The van der Waals surface area contributed by atoms with Crippen LogP contribution in [0.5, 0.6) is 11.6 Å². The number of hydrogen-bond donors (Lipinski definition) is 0. The third kappa shape index (κ3) is 4.60. The summed E-state index contributed by atoms with van der Waals surface area (Å²) in [5.74, 6) is 2.27. The molecule has 3 aromatic rings. The molecular formula is C21H22N2OS. The van der Waals surface area contributed by atoms with Gasteiger partial charge in [0.15, 0.2) is 5.16 Å². The molecular weight excluding hydrogens is 328 g/mol. The topological polar surface area (TPSA) is 35.0 Å². The van der Waals surface area contributed by atoms with E-state index in [-0.39, 0.29) is 0 Å². The van der Waals surface area contributed by atoms with Crippen LogP contribution in [-0.4, -0.2) is 9.97 Å². The van der Waals surface area contributed by atoms with E-state index in [0.29, 0.717) is 5.88 Å². The van der Waals surface area contributed by atoms with Crippen molar-refractivity contribution < 1.29 is 4.74 Å². The van der Waals surface area contributed by atoms with E-state index >= 15 is 0 Å². The Labute approximate surface area is 153 Å². The van der Waals surface area contributed by atoms with Crippen molar-refractivity contribution in [3.05, 3.63) is 76.5 Å². The molecule has 1 aromatic heterocycles. The highest BCUT2D eigenvalue weighted by Gasteiger charge is 2.08. The standard InChI is InChI=1S/C21H22N2OS/c1-14-7-5-9-18(11-14)13-25-21-22-16(3)12-20(23-21)24-19-10-6-8-15(2)17(19)4/h5-12H,13H2,1-4H3. The molecule has 0 aliphatic rings. The number of nitrogens with zero attached hydrogens (tertiary/aromatic N) is 2. The third-order valence-electron chi connectivity index (χ3n) is 4.03. The lowest BCUT2D eigenvalue weighted by molar-refractivity contribution is 0.451. The van der Waals surface area contributed by atoms with Crippen LogP contribution in [0.2, 0.25) is 0 Å². The van der Waals surface area contributed by atoms with Crippen LogP contribution >= 0.6 is 11.8 Å². The average Bonchev–Trinajstić information content (AvgIpc) is 2.57. The summed E-state index contributed by atoms with van der Waals surface area (Å²) in [6, 6.07) is 16.4. The minimum absolute atomic E-state index is 0.591. The maximum atomic E-state index is 6.02. The minimum atomic E-state index is 0.591. The first kappa shape index (κ1) is 17.5. The fourth-order valence-electron chi connectivity index (χ4n) is 2.53. The number of hydrogen-bond acceptors (Lipinski definition) is 4. The number of thioether (sulfide) groups is 1. The van der Waals surface area contributed by atoms with Crippen molar-refractivity contribution >= 4 is 11.8 Å². The van der Waals surface area contributed by atoms with Gasteiger partial charge in [0.05, 0.1) is 0 Å². The number of benzene rings is 2. The lowest BCUT2D eigenvalue weighted by Gasteiger charge is -2.11. The first-order valence-corrected chi connectivity index (χ1v) is 9.28. The zero-order valence-electron chi connectivity index (χ0n) is 15.0. The second-order valence-electron chi connectivity index (χ2n) is 6.21. The fourth-order valence-corrected chi connectivity index (χ4v) is 3.37. The van der Waals surface area contributed by atoms with E-state index in [1.165, 1.54) is 16.7 Å². The summed E-state index contributed by atoms with van der Waals surface area (Å²) in [5.41, 5.74) is 5.78. The highest BCUT2D eigenvalue weighted by atomic mass is 32.2. The van der Waals surface area contributed by atoms with Crippen molar-refractivity contribution in [3.8, 4) is 11.6 Å². The molecule has 128 valence electrons. The average molecular weight is 350 g/mol. The van der Waals surface area contributed by atoms with Crippen molar-refractivity contribution in [2.75, 3.05) is 0 Å². The van der Waals surface area contributed by atoms with E-state index in [1.54, 1.807) is 11.8 Å². The predicted octanol–water partition coefficient (Wildman–Crippen LogP) is 5.79. The SMILES string of the molecule is Cc1cccc(CSc2nc(C)cc(Oc3cccc(C)c3C)n2)c1. The summed E-state index contributed by atoms with van der Waals surface area (Å²) in [4.78, 5) is 9.09. The van der Waals surface area contributed by atoms with Gasteiger partial charge >= 0.3 is 0 Å². The largest absolute Gasteiger partial charge is 0.439 e. The van der Waals surface area contributed by atoms with E-state index in [2.05, 4.69) is 61.1 Å². The monoisotopic (exact) mass is 350 g/mol. The molecule has 4 heteroatoms. The quantitative estimate of drug-likeness (QED) is 0.430. The van der Waals surface area contributed by atoms with Crippen molar-refractivity contribution in [1.29, 1.82) is 0 Å². The van der Waals surface area contributed by atoms with Crippen LogP contribution in [0.1, 0.15) is 27.9 Å². The molecule has 25 heavy (non-hydrogen) atoms. The second kappa shape index (κ2) is 7.70. The predicted molar refractivity (Wildman–Crippen MR) is 103 cm³/mol. The van der Waals surface area contributed by atoms with E-state index in [9.17, 15) is 0 Å². The van der Waals surface area contributed by atoms with Crippen LogP contribution in [0.3, 0.4) is 0 Å². The Bertz CT molecular complexity index is 893. The van der Waals surface area contributed by atoms with Gasteiger partial charge in [-0.25, -0.2) is 4.98 Å². The van der Waals surface area contributed by atoms with Crippen molar-refractivity contribution in [3.63, 3.8) is 0 Å². The van der Waals surface area contributed by atoms with Gasteiger partial charge in [0, 0.05) is 17.5 Å². The smallest absolute Gasteiger partial charge is 0.223 e. The van der Waals surface area contributed by atoms with Gasteiger partial charge in [0.2, 0.25) is 5.88 Å². The number of ether oxygens (including phenoxy) is 1. The molecule has 0 radical (unpaired) electrons.